The molecule has 4 rings (SSSR count). The second-order valence-electron chi connectivity index (χ2n) is 9.31. The molecule has 2 aromatic heterocycles. The summed E-state index contributed by atoms with van der Waals surface area (Å²) in [5, 5.41) is 0.654. The average molecular weight is 505 g/mol. The van der Waals surface area contributed by atoms with Crippen LogP contribution >= 0.6 is 11.6 Å². The normalized spacial score (nSPS) is 12.2. The molecule has 3 N–H and O–H groups in total. The number of hydrogen-bond acceptors (Lipinski definition) is 4. The molecular weight excluding hydrogens is 472 g/mol. The van der Waals surface area contributed by atoms with Crippen LogP contribution in [-0.2, 0) is 6.54 Å². The van der Waals surface area contributed by atoms with Crippen molar-refractivity contribution in [1.29, 1.82) is 0 Å². The van der Waals surface area contributed by atoms with Crippen LogP contribution in [0.2, 0.25) is 5.02 Å². The zero-order valence-corrected chi connectivity index (χ0v) is 21.7. The molecule has 0 aliphatic carbocycles. The number of nitrogens with two attached hydrogens (primary N) is 1. The van der Waals surface area contributed by atoms with Gasteiger partial charge in [-0.25, -0.2) is 9.97 Å². The highest BCUT2D eigenvalue weighted by atomic mass is 35.5. The minimum Gasteiger partial charge on any atom is -0.348 e. The third kappa shape index (κ3) is 5.69. The van der Waals surface area contributed by atoms with Crippen molar-refractivity contribution in [2.45, 2.75) is 39.8 Å². The van der Waals surface area contributed by atoms with Gasteiger partial charge in [-0.05, 0) is 43.5 Å². The lowest BCUT2D eigenvalue weighted by Crippen LogP contribution is -2.40. The molecule has 7 nitrogen and oxygen atoms in total. The van der Waals surface area contributed by atoms with E-state index in [1.165, 1.54) is 0 Å². The highest BCUT2D eigenvalue weighted by Gasteiger charge is 2.33. The Morgan fingerprint density at radius 3 is 2.58 bits per heavy atom. The number of aromatic nitrogens is 4. The molecule has 2 aromatic carbocycles. The van der Waals surface area contributed by atoms with E-state index in [1.54, 1.807) is 6.33 Å². The predicted octanol–water partition coefficient (Wildman–Crippen LogP) is 5.47. The van der Waals surface area contributed by atoms with Gasteiger partial charge in [0, 0.05) is 35.6 Å². The summed E-state index contributed by atoms with van der Waals surface area (Å²) in [5.74, 6) is 0.789. The summed E-state index contributed by atoms with van der Waals surface area (Å²) in [5.41, 5.74) is 9.94. The molecule has 1 amide bonds. The van der Waals surface area contributed by atoms with Crippen LogP contribution in [0, 0.1) is 12.8 Å². The zero-order chi connectivity index (χ0) is 25.7. The molecule has 4 aromatic rings. The monoisotopic (exact) mass is 504 g/mol. The topological polar surface area (TPSA) is 92.8 Å². The average Bonchev–Trinajstić information content (AvgIpc) is 3.48. The number of H-pyrrole nitrogens is 1. The van der Waals surface area contributed by atoms with Crippen LogP contribution in [0.1, 0.15) is 53.9 Å². The molecule has 0 bridgehead atoms. The fourth-order valence-corrected chi connectivity index (χ4v) is 4.69. The summed E-state index contributed by atoms with van der Waals surface area (Å²) in [4.78, 5) is 28.1. The molecule has 8 heteroatoms. The van der Waals surface area contributed by atoms with Gasteiger partial charge in [0.15, 0.2) is 0 Å². The molecule has 0 spiro atoms. The molecule has 0 saturated heterocycles. The lowest BCUT2D eigenvalue weighted by molar-refractivity contribution is 0.0598. The first-order valence-corrected chi connectivity index (χ1v) is 12.6. The summed E-state index contributed by atoms with van der Waals surface area (Å²) in [6.07, 6.45) is 4.29. The van der Waals surface area contributed by atoms with E-state index in [2.05, 4.69) is 46.7 Å². The summed E-state index contributed by atoms with van der Waals surface area (Å²) in [7, 11) is 0. The van der Waals surface area contributed by atoms with Crippen molar-refractivity contribution in [3.05, 3.63) is 94.9 Å². The Bertz CT molecular complexity index is 1300. The number of rotatable bonds is 10. The van der Waals surface area contributed by atoms with E-state index in [0.717, 1.165) is 28.3 Å². The molecular formula is C28H33ClN6O. The SMILES string of the molecule is Cc1[nH]cnc1C(=O)N(CCCN)[C@@H](c1nc(-c2cccc(Cl)c2)cn1Cc1ccccc1)C(C)C. The quantitative estimate of drug-likeness (QED) is 0.299. The van der Waals surface area contributed by atoms with Crippen LogP contribution in [0.5, 0.6) is 0 Å². The largest absolute Gasteiger partial charge is 0.348 e. The van der Waals surface area contributed by atoms with E-state index in [4.69, 9.17) is 22.3 Å². The minimum absolute atomic E-state index is 0.0927. The van der Waals surface area contributed by atoms with E-state index >= 15 is 0 Å². The maximum absolute atomic E-state index is 13.8. The van der Waals surface area contributed by atoms with Crippen LogP contribution in [0.4, 0.5) is 0 Å². The van der Waals surface area contributed by atoms with Crippen LogP contribution < -0.4 is 5.73 Å². The Labute approximate surface area is 217 Å². The Morgan fingerprint density at radius 1 is 1.17 bits per heavy atom. The molecule has 0 saturated carbocycles. The first-order chi connectivity index (χ1) is 17.4. The van der Waals surface area contributed by atoms with Gasteiger partial charge in [0.1, 0.15) is 11.5 Å². The van der Waals surface area contributed by atoms with E-state index in [1.807, 2.05) is 54.3 Å². The van der Waals surface area contributed by atoms with Gasteiger partial charge in [-0.1, -0.05) is 67.9 Å². The van der Waals surface area contributed by atoms with Gasteiger partial charge in [0.25, 0.3) is 5.91 Å². The third-order valence-electron chi connectivity index (χ3n) is 6.25. The molecule has 0 fully saturated rings. The second kappa shape index (κ2) is 11.5. The lowest BCUT2D eigenvalue weighted by Gasteiger charge is -2.34. The number of carbonyl (C=O) groups excluding carboxylic acids is 1. The van der Waals surface area contributed by atoms with Crippen molar-refractivity contribution in [3.63, 3.8) is 0 Å². The maximum atomic E-state index is 13.8. The van der Waals surface area contributed by atoms with Gasteiger partial charge >= 0.3 is 0 Å². The molecule has 188 valence electrons. The van der Waals surface area contributed by atoms with E-state index < -0.39 is 0 Å². The number of aryl methyl sites for hydroxylation is 1. The minimum atomic E-state index is -0.281. The van der Waals surface area contributed by atoms with Gasteiger partial charge < -0.3 is 20.2 Å². The smallest absolute Gasteiger partial charge is 0.274 e. The summed E-state index contributed by atoms with van der Waals surface area (Å²) >= 11 is 6.30. The first-order valence-electron chi connectivity index (χ1n) is 12.3. The summed E-state index contributed by atoms with van der Waals surface area (Å²) < 4.78 is 2.15. The Hall–Kier alpha value is -3.42. The summed E-state index contributed by atoms with van der Waals surface area (Å²) in [6, 6.07) is 17.7. The third-order valence-corrected chi connectivity index (χ3v) is 6.49. The van der Waals surface area contributed by atoms with Crippen LogP contribution in [0.15, 0.2) is 67.1 Å². The first kappa shape index (κ1) is 25.7. The van der Waals surface area contributed by atoms with Gasteiger partial charge in [0.05, 0.1) is 18.1 Å². The number of carbonyl (C=O) groups is 1. The highest BCUT2D eigenvalue weighted by molar-refractivity contribution is 6.30. The van der Waals surface area contributed by atoms with E-state index in [0.29, 0.717) is 36.8 Å². The molecule has 0 unspecified atom stereocenters. The number of amides is 1. The van der Waals surface area contributed by atoms with Crippen molar-refractivity contribution in [1.82, 2.24) is 24.4 Å². The van der Waals surface area contributed by atoms with Crippen LogP contribution in [0.25, 0.3) is 11.3 Å². The van der Waals surface area contributed by atoms with Crippen molar-refractivity contribution in [2.75, 3.05) is 13.1 Å². The number of nitrogens with zero attached hydrogens (tertiary/aromatic N) is 4. The molecule has 1 atom stereocenters. The molecule has 2 heterocycles. The van der Waals surface area contributed by atoms with Crippen molar-refractivity contribution in [3.8, 4) is 11.3 Å². The van der Waals surface area contributed by atoms with Crippen molar-refractivity contribution in [2.24, 2.45) is 11.7 Å². The molecule has 0 aliphatic heterocycles. The number of nitrogens with one attached hydrogen (secondary N) is 1. The lowest BCUT2D eigenvalue weighted by atomic mass is 10.00. The zero-order valence-electron chi connectivity index (χ0n) is 21.0. The van der Waals surface area contributed by atoms with E-state index in [-0.39, 0.29) is 17.9 Å². The van der Waals surface area contributed by atoms with Gasteiger partial charge in [-0.2, -0.15) is 0 Å². The Morgan fingerprint density at radius 2 is 1.94 bits per heavy atom. The second-order valence-corrected chi connectivity index (χ2v) is 9.75. The predicted molar refractivity (Wildman–Crippen MR) is 144 cm³/mol. The van der Waals surface area contributed by atoms with Gasteiger partial charge in [-0.3, -0.25) is 4.79 Å². The number of benzene rings is 2. The van der Waals surface area contributed by atoms with Crippen molar-refractivity contribution >= 4 is 17.5 Å². The van der Waals surface area contributed by atoms with Crippen LogP contribution in [-0.4, -0.2) is 43.4 Å². The number of hydrogen-bond donors (Lipinski definition) is 2. The van der Waals surface area contributed by atoms with E-state index in [9.17, 15) is 4.79 Å². The highest BCUT2D eigenvalue weighted by Crippen LogP contribution is 2.33. The number of aromatic amines is 1. The fraction of sp³-hybridized carbons (Fsp3) is 0.321. The Balaban J connectivity index is 1.83. The molecule has 0 radical (unpaired) electrons. The summed E-state index contributed by atoms with van der Waals surface area (Å²) in [6.45, 7) is 7.72. The Kier molecular flexibility index (Phi) is 8.23. The molecule has 0 aliphatic rings. The van der Waals surface area contributed by atoms with Crippen LogP contribution in [0.3, 0.4) is 0 Å². The number of halogens is 1. The fourth-order valence-electron chi connectivity index (χ4n) is 4.50. The maximum Gasteiger partial charge on any atom is 0.274 e. The number of imidazole rings is 2. The van der Waals surface area contributed by atoms with Gasteiger partial charge in [0.2, 0.25) is 0 Å². The standard InChI is InChI=1S/C28H33ClN6O/c1-19(2)26(35(14-8-13-30)28(36)25-20(3)31-18-32-25)27-33-24(22-11-7-12-23(29)15-22)17-34(27)16-21-9-5-4-6-10-21/h4-7,9-12,15,17-19,26H,8,13-14,16,30H2,1-3H3,(H,31,32)/t26-/m1/s1. The molecule has 36 heavy (non-hydrogen) atoms. The van der Waals surface area contributed by atoms with Gasteiger partial charge in [-0.15, -0.1) is 0 Å². The van der Waals surface area contributed by atoms with Crippen molar-refractivity contribution < 1.29 is 4.79 Å².